The molecule has 1 aliphatic heterocycles. The molecule has 0 saturated heterocycles. The summed E-state index contributed by atoms with van der Waals surface area (Å²) in [6.07, 6.45) is 2.08. The third-order valence-corrected chi connectivity index (χ3v) is 3.51. The van der Waals surface area contributed by atoms with Gasteiger partial charge in [0.25, 0.3) is 0 Å². The molecule has 0 saturated carbocycles. The van der Waals surface area contributed by atoms with Crippen molar-refractivity contribution in [3.63, 3.8) is 0 Å². The van der Waals surface area contributed by atoms with Gasteiger partial charge < -0.3 is 19.3 Å². The van der Waals surface area contributed by atoms with Gasteiger partial charge in [-0.1, -0.05) is 5.16 Å². The minimum atomic E-state index is 0.591. The molecular weight excluding hydrogens is 326 g/mol. The summed E-state index contributed by atoms with van der Waals surface area (Å²) in [5.41, 5.74) is 1.13. The maximum absolute atomic E-state index is 5.59. The van der Waals surface area contributed by atoms with Crippen LogP contribution in [0.25, 0.3) is 0 Å². The van der Waals surface area contributed by atoms with Gasteiger partial charge in [0.05, 0.1) is 4.47 Å². The van der Waals surface area contributed by atoms with Gasteiger partial charge >= 0.3 is 0 Å². The van der Waals surface area contributed by atoms with Crippen LogP contribution < -0.4 is 14.8 Å². The van der Waals surface area contributed by atoms with E-state index in [4.69, 9.17) is 9.47 Å². The Kier molecular flexibility index (Phi) is 4.17. The van der Waals surface area contributed by atoms with E-state index in [1.807, 2.05) is 12.1 Å². The van der Waals surface area contributed by atoms with Crippen LogP contribution in [0.5, 0.6) is 11.5 Å². The topological polar surface area (TPSA) is 69.4 Å². The first kappa shape index (κ1) is 13.4. The number of hydrogen-bond donors (Lipinski definition) is 1. The summed E-state index contributed by atoms with van der Waals surface area (Å²) in [7, 11) is 0. The van der Waals surface area contributed by atoms with Crippen molar-refractivity contribution in [3.8, 4) is 11.5 Å². The fraction of sp³-hybridized carbons (Fsp3) is 0.385. The van der Waals surface area contributed by atoms with Gasteiger partial charge in [-0.2, -0.15) is 4.98 Å². The zero-order valence-corrected chi connectivity index (χ0v) is 12.4. The normalized spacial score (nSPS) is 13.4. The highest BCUT2D eigenvalue weighted by molar-refractivity contribution is 9.10. The number of nitrogens with zero attached hydrogens (tertiary/aromatic N) is 2. The van der Waals surface area contributed by atoms with Crippen LogP contribution in [0.3, 0.4) is 0 Å². The molecule has 1 aliphatic rings. The van der Waals surface area contributed by atoms with Gasteiger partial charge in [-0.05, 0) is 33.6 Å². The van der Waals surface area contributed by atoms with E-state index in [9.17, 15) is 0 Å². The molecule has 1 N–H and O–H groups in total. The maximum atomic E-state index is 5.59. The molecular formula is C13H14BrN3O3. The Balaban J connectivity index is 1.56. The van der Waals surface area contributed by atoms with Crippen molar-refractivity contribution in [3.05, 3.63) is 34.4 Å². The highest BCUT2D eigenvalue weighted by Crippen LogP contribution is 2.38. The van der Waals surface area contributed by atoms with Crippen LogP contribution in [-0.2, 0) is 13.0 Å². The maximum Gasteiger partial charge on any atom is 0.213 e. The number of aromatic nitrogens is 2. The third-order valence-electron chi connectivity index (χ3n) is 2.92. The van der Waals surface area contributed by atoms with Gasteiger partial charge in [-0.3, -0.25) is 0 Å². The molecule has 0 bridgehead atoms. The summed E-state index contributed by atoms with van der Waals surface area (Å²) in [5, 5.41) is 7.10. The Hall–Kier alpha value is -1.60. The van der Waals surface area contributed by atoms with Gasteiger partial charge in [-0.15, -0.1) is 0 Å². The van der Waals surface area contributed by atoms with Crippen molar-refractivity contribution in [1.29, 1.82) is 0 Å². The number of fused-ring (bicyclic) bond motifs is 1. The Bertz CT molecular complexity index is 574. The van der Waals surface area contributed by atoms with Crippen molar-refractivity contribution in [2.75, 3.05) is 19.8 Å². The van der Waals surface area contributed by atoms with Crippen molar-refractivity contribution >= 4 is 15.9 Å². The molecule has 1 aromatic heterocycles. The molecule has 0 aliphatic carbocycles. The summed E-state index contributed by atoms with van der Waals surface area (Å²) < 4.78 is 16.8. The van der Waals surface area contributed by atoms with Crippen LogP contribution >= 0.6 is 15.9 Å². The Morgan fingerprint density at radius 3 is 3.00 bits per heavy atom. The standard InChI is InChI=1S/C13H14BrN3O3/c14-10-5-9(6-11-13(10)19-4-3-18-11)7-15-2-1-12-16-8-20-17-12/h5-6,8,15H,1-4,7H2. The highest BCUT2D eigenvalue weighted by Gasteiger charge is 2.16. The van der Waals surface area contributed by atoms with Crippen molar-refractivity contribution in [1.82, 2.24) is 15.5 Å². The van der Waals surface area contributed by atoms with Crippen molar-refractivity contribution in [2.24, 2.45) is 0 Å². The number of benzene rings is 1. The molecule has 20 heavy (non-hydrogen) atoms. The Morgan fingerprint density at radius 2 is 2.15 bits per heavy atom. The molecule has 0 spiro atoms. The van der Waals surface area contributed by atoms with E-state index in [0.29, 0.717) is 19.0 Å². The number of ether oxygens (including phenoxy) is 2. The van der Waals surface area contributed by atoms with Crippen LogP contribution in [0, 0.1) is 0 Å². The van der Waals surface area contributed by atoms with E-state index in [0.717, 1.165) is 41.0 Å². The monoisotopic (exact) mass is 339 g/mol. The smallest absolute Gasteiger partial charge is 0.213 e. The summed E-state index contributed by atoms with van der Waals surface area (Å²) >= 11 is 3.51. The first-order valence-electron chi connectivity index (χ1n) is 6.37. The molecule has 3 rings (SSSR count). The minimum Gasteiger partial charge on any atom is -0.486 e. The predicted molar refractivity (Wildman–Crippen MR) is 74.8 cm³/mol. The first-order chi connectivity index (χ1) is 9.83. The minimum absolute atomic E-state index is 0.591. The lowest BCUT2D eigenvalue weighted by molar-refractivity contribution is 0.170. The van der Waals surface area contributed by atoms with Gasteiger partial charge in [0, 0.05) is 19.5 Å². The third kappa shape index (κ3) is 3.10. The average molecular weight is 340 g/mol. The molecule has 0 radical (unpaired) electrons. The summed E-state index contributed by atoms with van der Waals surface area (Å²) in [5.74, 6) is 2.29. The molecule has 6 nitrogen and oxygen atoms in total. The summed E-state index contributed by atoms with van der Waals surface area (Å²) in [6.45, 7) is 2.71. The summed E-state index contributed by atoms with van der Waals surface area (Å²) in [6, 6.07) is 4.04. The fourth-order valence-corrected chi connectivity index (χ4v) is 2.61. The lowest BCUT2D eigenvalue weighted by atomic mass is 10.2. The second-order valence-corrected chi connectivity index (χ2v) is 5.23. The SMILES string of the molecule is Brc1cc(CNCCc2ncon2)cc2c1OCCO2. The van der Waals surface area contributed by atoms with Crippen molar-refractivity contribution in [2.45, 2.75) is 13.0 Å². The van der Waals surface area contributed by atoms with Crippen LogP contribution in [0.15, 0.2) is 27.5 Å². The van der Waals surface area contributed by atoms with E-state index in [1.54, 1.807) is 0 Å². The van der Waals surface area contributed by atoms with Crippen molar-refractivity contribution < 1.29 is 14.0 Å². The second-order valence-electron chi connectivity index (χ2n) is 4.38. The van der Waals surface area contributed by atoms with Crippen LogP contribution in [0.2, 0.25) is 0 Å². The van der Waals surface area contributed by atoms with Gasteiger partial charge in [0.1, 0.15) is 13.2 Å². The average Bonchev–Trinajstić information content (AvgIpc) is 2.97. The zero-order valence-electron chi connectivity index (χ0n) is 10.8. The summed E-state index contributed by atoms with van der Waals surface area (Å²) in [4.78, 5) is 3.97. The van der Waals surface area contributed by atoms with Gasteiger partial charge in [0.2, 0.25) is 6.39 Å². The van der Waals surface area contributed by atoms with Crippen LogP contribution in [0.1, 0.15) is 11.4 Å². The Morgan fingerprint density at radius 1 is 1.25 bits per heavy atom. The Labute approximate surface area is 124 Å². The molecule has 106 valence electrons. The molecule has 0 atom stereocenters. The molecule has 7 heteroatoms. The van der Waals surface area contributed by atoms with E-state index >= 15 is 0 Å². The lowest BCUT2D eigenvalue weighted by Crippen LogP contribution is -2.19. The molecule has 1 aromatic carbocycles. The van der Waals surface area contributed by atoms with E-state index in [1.165, 1.54) is 6.39 Å². The lowest BCUT2D eigenvalue weighted by Gasteiger charge is -2.20. The highest BCUT2D eigenvalue weighted by atomic mass is 79.9. The van der Waals surface area contributed by atoms with E-state index in [2.05, 4.69) is 35.9 Å². The van der Waals surface area contributed by atoms with E-state index in [-0.39, 0.29) is 0 Å². The predicted octanol–water partition coefficient (Wildman–Crippen LogP) is 1.94. The first-order valence-corrected chi connectivity index (χ1v) is 7.16. The van der Waals surface area contributed by atoms with Gasteiger partial charge in [0.15, 0.2) is 17.3 Å². The van der Waals surface area contributed by atoms with E-state index < -0.39 is 0 Å². The molecule has 0 amide bonds. The molecule has 2 aromatic rings. The zero-order chi connectivity index (χ0) is 13.8. The van der Waals surface area contributed by atoms with Crippen LogP contribution in [-0.4, -0.2) is 29.9 Å². The van der Waals surface area contributed by atoms with Gasteiger partial charge in [-0.25, -0.2) is 0 Å². The largest absolute Gasteiger partial charge is 0.486 e. The molecule has 0 unspecified atom stereocenters. The molecule has 2 heterocycles. The second kappa shape index (κ2) is 6.23. The number of halogens is 1. The fourth-order valence-electron chi connectivity index (χ4n) is 2.00. The molecule has 0 fully saturated rings. The quantitative estimate of drug-likeness (QED) is 0.839. The number of hydrogen-bond acceptors (Lipinski definition) is 6. The number of rotatable bonds is 5. The van der Waals surface area contributed by atoms with Crippen LogP contribution in [0.4, 0.5) is 0 Å². The number of nitrogens with one attached hydrogen (secondary N) is 1.